The zero-order valence-electron chi connectivity index (χ0n) is 10.8. The smallest absolute Gasteiger partial charge is 0.274 e. The van der Waals surface area contributed by atoms with Crippen LogP contribution < -0.4 is 10.6 Å². The molecule has 1 aromatic heterocycles. The molecule has 1 heterocycles. The van der Waals surface area contributed by atoms with E-state index in [1.165, 1.54) is 0 Å². The molecule has 0 radical (unpaired) electrons. The summed E-state index contributed by atoms with van der Waals surface area (Å²) in [5.74, 6) is -0.303. The monoisotopic (exact) mass is 309 g/mol. The molecule has 0 spiro atoms. The third-order valence-electron chi connectivity index (χ3n) is 2.55. The first-order valence-electron chi connectivity index (χ1n) is 6.06. The number of anilines is 2. The third kappa shape index (κ3) is 3.62. The highest BCUT2D eigenvalue weighted by Gasteiger charge is 2.09. The standard InChI is InChI=1S/C14H13Cl2N3O/c1-2-17-9-5-6-18-13(8-9)14(20)19-10-3-4-11(15)12(16)7-10/h3-8H,2H2,1H3,(H,17,18)(H,19,20). The number of halogens is 2. The summed E-state index contributed by atoms with van der Waals surface area (Å²) < 4.78 is 0. The molecule has 6 heteroatoms. The second kappa shape index (κ2) is 6.59. The van der Waals surface area contributed by atoms with Crippen molar-refractivity contribution in [1.29, 1.82) is 0 Å². The molecule has 1 amide bonds. The molecular formula is C14H13Cl2N3O. The van der Waals surface area contributed by atoms with Crippen molar-refractivity contribution in [2.24, 2.45) is 0 Å². The number of aromatic nitrogens is 1. The molecule has 0 unspecified atom stereocenters. The van der Waals surface area contributed by atoms with Crippen LogP contribution in [0.5, 0.6) is 0 Å². The quantitative estimate of drug-likeness (QED) is 0.895. The van der Waals surface area contributed by atoms with Gasteiger partial charge in [0.2, 0.25) is 0 Å². The van der Waals surface area contributed by atoms with Crippen molar-refractivity contribution in [2.45, 2.75) is 6.92 Å². The second-order valence-corrected chi connectivity index (χ2v) is 4.86. The predicted octanol–water partition coefficient (Wildman–Crippen LogP) is 4.07. The van der Waals surface area contributed by atoms with Crippen molar-refractivity contribution in [3.63, 3.8) is 0 Å². The average molecular weight is 310 g/mol. The van der Waals surface area contributed by atoms with Crippen LogP contribution >= 0.6 is 23.2 Å². The first-order chi connectivity index (χ1) is 9.60. The third-order valence-corrected chi connectivity index (χ3v) is 3.29. The molecule has 0 aliphatic carbocycles. The lowest BCUT2D eigenvalue weighted by Gasteiger charge is -2.07. The van der Waals surface area contributed by atoms with Gasteiger partial charge in [-0.2, -0.15) is 0 Å². The van der Waals surface area contributed by atoms with Crippen LogP contribution in [0.1, 0.15) is 17.4 Å². The minimum Gasteiger partial charge on any atom is -0.385 e. The Kier molecular flexibility index (Phi) is 4.82. The Morgan fingerprint density at radius 3 is 2.65 bits per heavy atom. The van der Waals surface area contributed by atoms with Crippen molar-refractivity contribution in [3.05, 3.63) is 52.3 Å². The molecular weight excluding hydrogens is 297 g/mol. The number of nitrogens with one attached hydrogen (secondary N) is 2. The number of pyridine rings is 1. The van der Waals surface area contributed by atoms with E-state index in [2.05, 4.69) is 15.6 Å². The van der Waals surface area contributed by atoms with Gasteiger partial charge in [-0.25, -0.2) is 0 Å². The highest BCUT2D eigenvalue weighted by molar-refractivity contribution is 6.42. The molecule has 0 saturated heterocycles. The van der Waals surface area contributed by atoms with E-state index in [1.807, 2.05) is 6.92 Å². The van der Waals surface area contributed by atoms with Gasteiger partial charge in [-0.1, -0.05) is 23.2 Å². The van der Waals surface area contributed by atoms with E-state index in [0.29, 0.717) is 21.4 Å². The molecule has 0 aliphatic rings. The molecule has 2 rings (SSSR count). The minimum atomic E-state index is -0.303. The average Bonchev–Trinajstić information content (AvgIpc) is 2.43. The number of nitrogens with zero attached hydrogens (tertiary/aromatic N) is 1. The fourth-order valence-corrected chi connectivity index (χ4v) is 1.94. The largest absolute Gasteiger partial charge is 0.385 e. The van der Waals surface area contributed by atoms with Gasteiger partial charge in [-0.05, 0) is 37.3 Å². The van der Waals surface area contributed by atoms with E-state index in [-0.39, 0.29) is 5.91 Å². The molecule has 0 saturated carbocycles. The topological polar surface area (TPSA) is 54.0 Å². The van der Waals surface area contributed by atoms with Gasteiger partial charge >= 0.3 is 0 Å². The molecule has 4 nitrogen and oxygen atoms in total. The Hall–Kier alpha value is -1.78. The summed E-state index contributed by atoms with van der Waals surface area (Å²) >= 11 is 11.7. The molecule has 20 heavy (non-hydrogen) atoms. The van der Waals surface area contributed by atoms with E-state index in [1.54, 1.807) is 36.5 Å². The number of hydrogen-bond donors (Lipinski definition) is 2. The Morgan fingerprint density at radius 2 is 1.95 bits per heavy atom. The molecule has 2 aromatic rings. The van der Waals surface area contributed by atoms with Gasteiger partial charge in [-0.15, -0.1) is 0 Å². The molecule has 0 bridgehead atoms. The lowest BCUT2D eigenvalue weighted by molar-refractivity contribution is 0.102. The maximum atomic E-state index is 12.1. The lowest BCUT2D eigenvalue weighted by atomic mass is 10.2. The van der Waals surface area contributed by atoms with Gasteiger partial charge in [0.1, 0.15) is 5.69 Å². The summed E-state index contributed by atoms with van der Waals surface area (Å²) in [6.07, 6.45) is 1.59. The van der Waals surface area contributed by atoms with Gasteiger partial charge in [0, 0.05) is 24.1 Å². The van der Waals surface area contributed by atoms with E-state index < -0.39 is 0 Å². The normalized spacial score (nSPS) is 10.2. The molecule has 1 aromatic carbocycles. The van der Waals surface area contributed by atoms with Gasteiger partial charge in [0.15, 0.2) is 0 Å². The second-order valence-electron chi connectivity index (χ2n) is 4.04. The van der Waals surface area contributed by atoms with E-state index in [4.69, 9.17) is 23.2 Å². The van der Waals surface area contributed by atoms with Gasteiger partial charge in [0.25, 0.3) is 5.91 Å². The fraction of sp³-hybridized carbons (Fsp3) is 0.143. The van der Waals surface area contributed by atoms with E-state index in [9.17, 15) is 4.79 Å². The molecule has 104 valence electrons. The zero-order chi connectivity index (χ0) is 14.5. The molecule has 0 fully saturated rings. The van der Waals surface area contributed by atoms with Gasteiger partial charge in [0.05, 0.1) is 10.0 Å². The minimum absolute atomic E-state index is 0.303. The number of benzene rings is 1. The van der Waals surface area contributed by atoms with Gasteiger partial charge in [-0.3, -0.25) is 9.78 Å². The van der Waals surface area contributed by atoms with Crippen molar-refractivity contribution in [3.8, 4) is 0 Å². The van der Waals surface area contributed by atoms with Crippen LogP contribution in [0.2, 0.25) is 10.0 Å². The predicted molar refractivity (Wildman–Crippen MR) is 82.8 cm³/mol. The van der Waals surface area contributed by atoms with E-state index in [0.717, 1.165) is 12.2 Å². The SMILES string of the molecule is CCNc1ccnc(C(=O)Nc2ccc(Cl)c(Cl)c2)c1. The summed E-state index contributed by atoms with van der Waals surface area (Å²) in [6.45, 7) is 2.76. The van der Waals surface area contributed by atoms with Crippen LogP contribution in [0.25, 0.3) is 0 Å². The fourth-order valence-electron chi connectivity index (χ4n) is 1.64. The maximum Gasteiger partial charge on any atom is 0.274 e. The van der Waals surface area contributed by atoms with E-state index >= 15 is 0 Å². The summed E-state index contributed by atoms with van der Waals surface area (Å²) in [5.41, 5.74) is 1.75. The molecule has 0 aliphatic heterocycles. The maximum absolute atomic E-state index is 12.1. The number of hydrogen-bond acceptors (Lipinski definition) is 3. The van der Waals surface area contributed by atoms with Gasteiger partial charge < -0.3 is 10.6 Å². The summed E-state index contributed by atoms with van der Waals surface area (Å²) in [5, 5.41) is 6.68. The number of rotatable bonds is 4. The Balaban J connectivity index is 2.15. The van der Waals surface area contributed by atoms with Crippen molar-refractivity contribution >= 4 is 40.5 Å². The van der Waals surface area contributed by atoms with Crippen LogP contribution in [0.3, 0.4) is 0 Å². The highest BCUT2D eigenvalue weighted by Crippen LogP contribution is 2.25. The zero-order valence-corrected chi connectivity index (χ0v) is 12.3. The van der Waals surface area contributed by atoms with Crippen LogP contribution in [-0.2, 0) is 0 Å². The Labute approximate surface area is 127 Å². The summed E-state index contributed by atoms with van der Waals surface area (Å²) in [4.78, 5) is 16.1. The van der Waals surface area contributed by atoms with Crippen molar-refractivity contribution in [2.75, 3.05) is 17.2 Å². The first-order valence-corrected chi connectivity index (χ1v) is 6.82. The lowest BCUT2D eigenvalue weighted by Crippen LogP contribution is -2.14. The summed E-state index contributed by atoms with van der Waals surface area (Å²) in [7, 11) is 0. The number of carbonyl (C=O) groups is 1. The van der Waals surface area contributed by atoms with Crippen LogP contribution in [-0.4, -0.2) is 17.4 Å². The Morgan fingerprint density at radius 1 is 1.15 bits per heavy atom. The molecule has 0 atom stereocenters. The van der Waals surface area contributed by atoms with Crippen LogP contribution in [0, 0.1) is 0 Å². The number of carbonyl (C=O) groups excluding carboxylic acids is 1. The van der Waals surface area contributed by atoms with Crippen LogP contribution in [0.4, 0.5) is 11.4 Å². The summed E-state index contributed by atoms with van der Waals surface area (Å²) in [6, 6.07) is 8.40. The van der Waals surface area contributed by atoms with Crippen LogP contribution in [0.15, 0.2) is 36.5 Å². The van der Waals surface area contributed by atoms with Crippen molar-refractivity contribution in [1.82, 2.24) is 4.98 Å². The number of amides is 1. The molecule has 2 N–H and O–H groups in total. The Bertz CT molecular complexity index is 632. The highest BCUT2D eigenvalue weighted by atomic mass is 35.5. The van der Waals surface area contributed by atoms with Crippen molar-refractivity contribution < 1.29 is 4.79 Å². The first kappa shape index (κ1) is 14.6.